The summed E-state index contributed by atoms with van der Waals surface area (Å²) >= 11 is 0. The largest absolute Gasteiger partial charge is 0.506 e. The molecule has 0 amide bonds. The number of aryl methyl sites for hydroxylation is 2. The third-order valence-electron chi connectivity index (χ3n) is 2.44. The molecule has 2 heteroatoms. The summed E-state index contributed by atoms with van der Waals surface area (Å²) in [5, 5.41) is 10.8. The first-order valence-corrected chi connectivity index (χ1v) is 4.50. The van der Waals surface area contributed by atoms with E-state index in [9.17, 15) is 5.11 Å². The molecule has 0 saturated heterocycles. The van der Waals surface area contributed by atoms with Gasteiger partial charge in [0.1, 0.15) is 5.75 Å². The summed E-state index contributed by atoms with van der Waals surface area (Å²) in [5.74, 6) is 0.361. The van der Waals surface area contributed by atoms with E-state index < -0.39 is 0 Å². The number of phenolic OH excluding ortho intramolecular Hbond substituents is 1. The van der Waals surface area contributed by atoms with Crippen LogP contribution < -0.4 is 0 Å². The standard InChI is InChI=1S/C11H13NO/c1-3-8-7-12(2)11-9(8)5-4-6-10(11)13/h4-7,13H,3H2,1-2H3. The molecule has 0 spiro atoms. The van der Waals surface area contributed by atoms with Crippen molar-refractivity contribution in [3.05, 3.63) is 30.0 Å². The summed E-state index contributed by atoms with van der Waals surface area (Å²) in [6.07, 6.45) is 3.07. The second kappa shape index (κ2) is 2.80. The van der Waals surface area contributed by atoms with Crippen LogP contribution in [0.3, 0.4) is 0 Å². The zero-order valence-electron chi connectivity index (χ0n) is 7.91. The number of phenols is 1. The van der Waals surface area contributed by atoms with E-state index in [1.807, 2.05) is 23.7 Å². The minimum atomic E-state index is 0.361. The van der Waals surface area contributed by atoms with Crippen LogP contribution in [0, 0.1) is 0 Å². The molecule has 1 heterocycles. The van der Waals surface area contributed by atoms with E-state index in [-0.39, 0.29) is 0 Å². The van der Waals surface area contributed by atoms with Gasteiger partial charge in [-0.2, -0.15) is 0 Å². The zero-order chi connectivity index (χ0) is 9.42. The number of hydrogen-bond donors (Lipinski definition) is 1. The molecule has 0 aliphatic carbocycles. The number of fused-ring (bicyclic) bond motifs is 1. The Morgan fingerprint density at radius 3 is 2.85 bits per heavy atom. The summed E-state index contributed by atoms with van der Waals surface area (Å²) in [4.78, 5) is 0. The lowest BCUT2D eigenvalue weighted by molar-refractivity contribution is 0.479. The molecule has 13 heavy (non-hydrogen) atoms. The van der Waals surface area contributed by atoms with E-state index in [1.54, 1.807) is 6.07 Å². The van der Waals surface area contributed by atoms with Gasteiger partial charge in [-0.1, -0.05) is 19.1 Å². The van der Waals surface area contributed by atoms with Crippen LogP contribution in [0.2, 0.25) is 0 Å². The van der Waals surface area contributed by atoms with Crippen LogP contribution in [-0.2, 0) is 13.5 Å². The molecule has 0 saturated carbocycles. The molecule has 0 atom stereocenters. The maximum Gasteiger partial charge on any atom is 0.139 e. The molecule has 2 aromatic rings. The van der Waals surface area contributed by atoms with Gasteiger partial charge in [-0.15, -0.1) is 0 Å². The fourth-order valence-corrected chi connectivity index (χ4v) is 1.81. The highest BCUT2D eigenvalue weighted by Gasteiger charge is 2.07. The number of aromatic nitrogens is 1. The highest BCUT2D eigenvalue weighted by molar-refractivity contribution is 5.88. The maximum absolute atomic E-state index is 9.64. The normalized spacial score (nSPS) is 10.9. The minimum Gasteiger partial charge on any atom is -0.506 e. The first kappa shape index (κ1) is 8.17. The van der Waals surface area contributed by atoms with Crippen LogP contribution in [0.25, 0.3) is 10.9 Å². The molecule has 68 valence electrons. The summed E-state index contributed by atoms with van der Waals surface area (Å²) in [5.41, 5.74) is 2.22. The van der Waals surface area contributed by atoms with Crippen molar-refractivity contribution >= 4 is 10.9 Å². The molecule has 0 radical (unpaired) electrons. The third-order valence-corrected chi connectivity index (χ3v) is 2.44. The Bertz CT molecular complexity index is 443. The van der Waals surface area contributed by atoms with Gasteiger partial charge in [0.15, 0.2) is 0 Å². The zero-order valence-corrected chi connectivity index (χ0v) is 7.91. The van der Waals surface area contributed by atoms with E-state index in [2.05, 4.69) is 13.1 Å². The number of benzene rings is 1. The van der Waals surface area contributed by atoms with Gasteiger partial charge in [0.05, 0.1) is 5.52 Å². The van der Waals surface area contributed by atoms with Gasteiger partial charge in [-0.25, -0.2) is 0 Å². The van der Waals surface area contributed by atoms with E-state index in [0.29, 0.717) is 5.75 Å². The van der Waals surface area contributed by atoms with E-state index >= 15 is 0 Å². The van der Waals surface area contributed by atoms with E-state index in [0.717, 1.165) is 17.3 Å². The van der Waals surface area contributed by atoms with Crippen molar-refractivity contribution in [3.63, 3.8) is 0 Å². The lowest BCUT2D eigenvalue weighted by Crippen LogP contribution is -1.83. The molecule has 0 aliphatic heterocycles. The average molecular weight is 175 g/mol. The highest BCUT2D eigenvalue weighted by Crippen LogP contribution is 2.28. The molecule has 0 aliphatic rings. The Morgan fingerprint density at radius 2 is 2.15 bits per heavy atom. The second-order valence-electron chi connectivity index (χ2n) is 3.29. The molecular weight excluding hydrogens is 162 g/mol. The lowest BCUT2D eigenvalue weighted by Gasteiger charge is -1.98. The molecule has 0 fully saturated rings. The summed E-state index contributed by atoms with van der Waals surface area (Å²) in [6, 6.07) is 5.66. The van der Waals surface area contributed by atoms with Crippen molar-refractivity contribution in [2.24, 2.45) is 7.05 Å². The summed E-state index contributed by atoms with van der Waals surface area (Å²) in [6.45, 7) is 2.12. The van der Waals surface area contributed by atoms with Crippen molar-refractivity contribution in [3.8, 4) is 5.75 Å². The van der Waals surface area contributed by atoms with Crippen LogP contribution in [-0.4, -0.2) is 9.67 Å². The predicted octanol–water partition coefficient (Wildman–Crippen LogP) is 2.45. The molecule has 1 N–H and O–H groups in total. The summed E-state index contributed by atoms with van der Waals surface area (Å²) in [7, 11) is 1.96. The van der Waals surface area contributed by atoms with Crippen LogP contribution in [0.15, 0.2) is 24.4 Å². The van der Waals surface area contributed by atoms with Crippen LogP contribution in [0.1, 0.15) is 12.5 Å². The third kappa shape index (κ3) is 1.10. The Balaban J connectivity index is 2.87. The molecule has 0 bridgehead atoms. The van der Waals surface area contributed by atoms with Crippen molar-refractivity contribution in [1.82, 2.24) is 4.57 Å². The summed E-state index contributed by atoms with van der Waals surface area (Å²) < 4.78 is 1.98. The molecule has 1 aromatic carbocycles. The van der Waals surface area contributed by atoms with Gasteiger partial charge in [-0.3, -0.25) is 0 Å². The Morgan fingerprint density at radius 1 is 1.38 bits per heavy atom. The molecule has 2 rings (SSSR count). The lowest BCUT2D eigenvalue weighted by atomic mass is 10.1. The monoisotopic (exact) mass is 175 g/mol. The number of hydrogen-bond acceptors (Lipinski definition) is 1. The SMILES string of the molecule is CCc1cn(C)c2c(O)cccc12. The first-order valence-electron chi connectivity index (χ1n) is 4.50. The molecular formula is C11H13NO. The number of aromatic hydroxyl groups is 1. The van der Waals surface area contributed by atoms with Crippen molar-refractivity contribution in [2.45, 2.75) is 13.3 Å². The smallest absolute Gasteiger partial charge is 0.139 e. The Hall–Kier alpha value is -1.44. The first-order chi connectivity index (χ1) is 6.24. The Kier molecular flexibility index (Phi) is 1.76. The average Bonchev–Trinajstić information content (AvgIpc) is 2.44. The van der Waals surface area contributed by atoms with Crippen molar-refractivity contribution < 1.29 is 5.11 Å². The fraction of sp³-hybridized carbons (Fsp3) is 0.273. The van der Waals surface area contributed by atoms with Gasteiger partial charge < -0.3 is 9.67 Å². The van der Waals surface area contributed by atoms with Crippen LogP contribution >= 0.6 is 0 Å². The number of rotatable bonds is 1. The molecule has 0 unspecified atom stereocenters. The fourth-order valence-electron chi connectivity index (χ4n) is 1.81. The van der Waals surface area contributed by atoms with Gasteiger partial charge in [0.25, 0.3) is 0 Å². The second-order valence-corrected chi connectivity index (χ2v) is 3.29. The quantitative estimate of drug-likeness (QED) is 0.707. The van der Waals surface area contributed by atoms with Crippen molar-refractivity contribution in [2.75, 3.05) is 0 Å². The topological polar surface area (TPSA) is 25.2 Å². The van der Waals surface area contributed by atoms with Crippen LogP contribution in [0.4, 0.5) is 0 Å². The van der Waals surface area contributed by atoms with Crippen molar-refractivity contribution in [1.29, 1.82) is 0 Å². The molecule has 1 aromatic heterocycles. The number of nitrogens with zero attached hydrogens (tertiary/aromatic N) is 1. The van der Waals surface area contributed by atoms with Gasteiger partial charge >= 0.3 is 0 Å². The van der Waals surface area contributed by atoms with E-state index in [4.69, 9.17) is 0 Å². The maximum atomic E-state index is 9.64. The molecule has 2 nitrogen and oxygen atoms in total. The van der Waals surface area contributed by atoms with Gasteiger partial charge in [0, 0.05) is 18.6 Å². The minimum absolute atomic E-state index is 0.361. The van der Waals surface area contributed by atoms with Gasteiger partial charge in [0.2, 0.25) is 0 Å². The van der Waals surface area contributed by atoms with Gasteiger partial charge in [-0.05, 0) is 18.1 Å². The van der Waals surface area contributed by atoms with Crippen LogP contribution in [0.5, 0.6) is 5.75 Å². The predicted molar refractivity (Wildman–Crippen MR) is 54.0 cm³/mol. The Labute approximate surface area is 77.4 Å². The van der Waals surface area contributed by atoms with E-state index in [1.165, 1.54) is 5.56 Å². The highest BCUT2D eigenvalue weighted by atomic mass is 16.3. The number of para-hydroxylation sites is 1.